The summed E-state index contributed by atoms with van der Waals surface area (Å²) in [5, 5.41) is 8.40. The lowest BCUT2D eigenvalue weighted by Crippen LogP contribution is -2.28. The normalized spacial score (nSPS) is 11.7. The topological polar surface area (TPSA) is 66.4 Å². The van der Waals surface area contributed by atoms with E-state index >= 15 is 0 Å². The van der Waals surface area contributed by atoms with Crippen LogP contribution in [0, 0.1) is 11.6 Å². The van der Waals surface area contributed by atoms with Gasteiger partial charge in [0.05, 0.1) is 6.61 Å². The van der Waals surface area contributed by atoms with Gasteiger partial charge in [-0.3, -0.25) is 0 Å². The second-order valence-electron chi connectivity index (χ2n) is 2.67. The minimum Gasteiger partial charge on any atom is -0.395 e. The number of rotatable bonds is 4. The van der Waals surface area contributed by atoms with Gasteiger partial charge in [-0.05, 0) is 12.1 Å². The van der Waals surface area contributed by atoms with Gasteiger partial charge in [0.25, 0.3) is 0 Å². The van der Waals surface area contributed by atoms with Crippen molar-refractivity contribution < 1.29 is 22.3 Å². The summed E-state index contributed by atoms with van der Waals surface area (Å²) in [6.45, 7) is -0.745. The molecule has 4 nitrogen and oxygen atoms in total. The molecule has 0 aromatic heterocycles. The molecule has 84 valence electrons. The number of halogens is 2. The minimum absolute atomic E-state index is 0.296. The van der Waals surface area contributed by atoms with E-state index in [2.05, 4.69) is 0 Å². The fourth-order valence-electron chi connectivity index (χ4n) is 0.991. The lowest BCUT2D eigenvalue weighted by molar-refractivity contribution is 0.300. The molecule has 0 aliphatic carbocycles. The molecule has 0 saturated heterocycles. The third kappa shape index (κ3) is 2.71. The predicted molar refractivity (Wildman–Crippen MR) is 48.6 cm³/mol. The van der Waals surface area contributed by atoms with E-state index < -0.39 is 33.2 Å². The number of aliphatic hydroxyl groups excluding tert-OH is 1. The van der Waals surface area contributed by atoms with E-state index in [0.29, 0.717) is 0 Å². The Kier molecular flexibility index (Phi) is 3.72. The van der Waals surface area contributed by atoms with Gasteiger partial charge >= 0.3 is 0 Å². The molecule has 0 bridgehead atoms. The van der Waals surface area contributed by atoms with Gasteiger partial charge in [0.1, 0.15) is 11.6 Å². The zero-order valence-electron chi connectivity index (χ0n) is 7.57. The second-order valence-corrected chi connectivity index (χ2v) is 4.38. The predicted octanol–water partition coefficient (Wildman–Crippen LogP) is 0.235. The van der Waals surface area contributed by atoms with Crippen molar-refractivity contribution >= 4 is 10.0 Å². The molecule has 0 radical (unpaired) electrons. The minimum atomic E-state index is -4.24. The molecule has 0 unspecified atom stereocenters. The monoisotopic (exact) mass is 237 g/mol. The Bertz CT molecular complexity index is 427. The maximum Gasteiger partial charge on any atom is 0.246 e. The van der Waals surface area contributed by atoms with Crippen LogP contribution in [0.5, 0.6) is 0 Å². The Morgan fingerprint density at radius 1 is 1.27 bits per heavy atom. The molecule has 1 aromatic rings. The van der Waals surface area contributed by atoms with Gasteiger partial charge in [0.2, 0.25) is 10.0 Å². The van der Waals surface area contributed by atoms with Crippen molar-refractivity contribution in [2.75, 3.05) is 13.2 Å². The summed E-state index contributed by atoms with van der Waals surface area (Å²) < 4.78 is 50.6. The number of sulfonamides is 1. The van der Waals surface area contributed by atoms with Crippen LogP contribution in [0.3, 0.4) is 0 Å². The Hall–Kier alpha value is -1.05. The highest BCUT2D eigenvalue weighted by Crippen LogP contribution is 2.17. The Labute approximate surface area is 85.6 Å². The van der Waals surface area contributed by atoms with Crippen molar-refractivity contribution in [3.63, 3.8) is 0 Å². The third-order valence-corrected chi connectivity index (χ3v) is 3.10. The number of hydrogen-bond donors (Lipinski definition) is 2. The molecular weight excluding hydrogens is 228 g/mol. The van der Waals surface area contributed by atoms with Gasteiger partial charge in [-0.2, -0.15) is 0 Å². The van der Waals surface area contributed by atoms with Crippen LogP contribution >= 0.6 is 0 Å². The summed E-state index contributed by atoms with van der Waals surface area (Å²) in [5.74, 6) is -2.33. The largest absolute Gasteiger partial charge is 0.395 e. The highest BCUT2D eigenvalue weighted by molar-refractivity contribution is 7.89. The standard InChI is InChI=1S/C8H9F2NO3S/c9-6-2-1-3-7(10)8(6)15(13,14)11-4-5-12/h1-3,11-12H,4-5H2. The number of aliphatic hydroxyl groups is 1. The molecule has 0 amide bonds. The number of hydrogen-bond acceptors (Lipinski definition) is 3. The fraction of sp³-hybridized carbons (Fsp3) is 0.250. The van der Waals surface area contributed by atoms with Gasteiger partial charge in [-0.25, -0.2) is 21.9 Å². The van der Waals surface area contributed by atoms with E-state index in [4.69, 9.17) is 5.11 Å². The van der Waals surface area contributed by atoms with Crippen molar-refractivity contribution in [2.24, 2.45) is 0 Å². The summed E-state index contributed by atoms with van der Waals surface area (Å²) in [4.78, 5) is -1.03. The van der Waals surface area contributed by atoms with Crippen LogP contribution < -0.4 is 4.72 Å². The van der Waals surface area contributed by atoms with Crippen LogP contribution in [-0.4, -0.2) is 26.7 Å². The summed E-state index contributed by atoms with van der Waals surface area (Å²) in [6, 6.07) is 2.75. The molecule has 1 aromatic carbocycles. The zero-order chi connectivity index (χ0) is 11.5. The van der Waals surface area contributed by atoms with Gasteiger partial charge in [-0.1, -0.05) is 6.07 Å². The maximum absolute atomic E-state index is 13.1. The molecular formula is C8H9F2NO3S. The van der Waals surface area contributed by atoms with Crippen LogP contribution in [0.15, 0.2) is 23.1 Å². The Morgan fingerprint density at radius 3 is 2.27 bits per heavy atom. The first kappa shape index (κ1) is 12.0. The highest BCUT2D eigenvalue weighted by atomic mass is 32.2. The summed E-state index contributed by atoms with van der Waals surface area (Å²) in [7, 11) is -4.24. The molecule has 15 heavy (non-hydrogen) atoms. The van der Waals surface area contributed by atoms with Crippen molar-refractivity contribution in [1.29, 1.82) is 0 Å². The molecule has 0 atom stereocenters. The molecule has 0 spiro atoms. The van der Waals surface area contributed by atoms with Crippen LogP contribution in [0.25, 0.3) is 0 Å². The second kappa shape index (κ2) is 4.65. The molecule has 0 heterocycles. The van der Waals surface area contributed by atoms with Gasteiger partial charge in [-0.15, -0.1) is 0 Å². The van der Waals surface area contributed by atoms with Crippen molar-refractivity contribution in [3.05, 3.63) is 29.8 Å². The Balaban J connectivity index is 3.15. The quantitative estimate of drug-likeness (QED) is 0.788. The summed E-state index contributed by atoms with van der Waals surface area (Å²) >= 11 is 0. The zero-order valence-corrected chi connectivity index (χ0v) is 8.39. The van der Waals surface area contributed by atoms with E-state index in [0.717, 1.165) is 18.2 Å². The number of nitrogens with one attached hydrogen (secondary N) is 1. The molecule has 2 N–H and O–H groups in total. The first-order chi connectivity index (χ1) is 6.99. The molecule has 0 fully saturated rings. The highest BCUT2D eigenvalue weighted by Gasteiger charge is 2.22. The van der Waals surface area contributed by atoms with Crippen molar-refractivity contribution in [2.45, 2.75) is 4.90 Å². The summed E-state index contributed by atoms with van der Waals surface area (Å²) in [5.41, 5.74) is 0. The molecule has 0 aliphatic rings. The van der Waals surface area contributed by atoms with Crippen molar-refractivity contribution in [3.8, 4) is 0 Å². The summed E-state index contributed by atoms with van der Waals surface area (Å²) in [6.07, 6.45) is 0. The Morgan fingerprint density at radius 2 is 1.80 bits per heavy atom. The maximum atomic E-state index is 13.1. The molecule has 7 heteroatoms. The van der Waals surface area contributed by atoms with E-state index in [-0.39, 0.29) is 6.54 Å². The average molecular weight is 237 g/mol. The van der Waals surface area contributed by atoms with Crippen LogP contribution in [0.4, 0.5) is 8.78 Å². The first-order valence-electron chi connectivity index (χ1n) is 4.03. The SMILES string of the molecule is O=S(=O)(NCCO)c1c(F)cccc1F. The molecule has 1 rings (SSSR count). The van der Waals surface area contributed by atoms with E-state index in [1.54, 1.807) is 0 Å². The van der Waals surface area contributed by atoms with Gasteiger partial charge in [0, 0.05) is 6.54 Å². The van der Waals surface area contributed by atoms with Gasteiger partial charge < -0.3 is 5.11 Å². The number of benzene rings is 1. The fourth-order valence-corrected chi connectivity index (χ4v) is 2.15. The third-order valence-electron chi connectivity index (χ3n) is 1.59. The van der Waals surface area contributed by atoms with Crippen LogP contribution in [0.2, 0.25) is 0 Å². The van der Waals surface area contributed by atoms with Gasteiger partial charge in [0.15, 0.2) is 4.90 Å². The average Bonchev–Trinajstić information content (AvgIpc) is 2.14. The molecule has 0 aliphatic heterocycles. The van der Waals surface area contributed by atoms with Crippen LogP contribution in [-0.2, 0) is 10.0 Å². The smallest absolute Gasteiger partial charge is 0.246 e. The van der Waals surface area contributed by atoms with E-state index in [9.17, 15) is 17.2 Å². The van der Waals surface area contributed by atoms with E-state index in [1.165, 1.54) is 0 Å². The van der Waals surface area contributed by atoms with E-state index in [1.807, 2.05) is 4.72 Å². The first-order valence-corrected chi connectivity index (χ1v) is 5.52. The lowest BCUT2D eigenvalue weighted by Gasteiger charge is -2.06. The van der Waals surface area contributed by atoms with Crippen LogP contribution in [0.1, 0.15) is 0 Å². The van der Waals surface area contributed by atoms with Crippen molar-refractivity contribution in [1.82, 2.24) is 4.72 Å². The molecule has 0 saturated carbocycles. The lowest BCUT2D eigenvalue weighted by atomic mass is 10.3.